The van der Waals surface area contributed by atoms with Gasteiger partial charge in [-0.25, -0.2) is 4.98 Å². The molecular formula is C19H13N3O. The number of amides is 1. The summed E-state index contributed by atoms with van der Waals surface area (Å²) in [7, 11) is 0. The van der Waals surface area contributed by atoms with Gasteiger partial charge in [-0.1, -0.05) is 30.3 Å². The molecule has 0 bridgehead atoms. The summed E-state index contributed by atoms with van der Waals surface area (Å²) in [4.78, 5) is 16.3. The van der Waals surface area contributed by atoms with Crippen molar-refractivity contribution in [3.8, 4) is 17.2 Å². The Morgan fingerprint density at radius 3 is 2.39 bits per heavy atom. The molecule has 0 saturated heterocycles. The molecule has 0 spiro atoms. The second-order valence-electron chi connectivity index (χ2n) is 4.94. The van der Waals surface area contributed by atoms with Crippen LogP contribution in [0.2, 0.25) is 0 Å². The zero-order chi connectivity index (χ0) is 16.1. The highest BCUT2D eigenvalue weighted by atomic mass is 16.1. The lowest BCUT2D eigenvalue weighted by atomic mass is 10.1. The van der Waals surface area contributed by atoms with Gasteiger partial charge in [-0.05, 0) is 47.5 Å². The highest BCUT2D eigenvalue weighted by Gasteiger charge is 2.07. The Balaban J connectivity index is 1.82. The van der Waals surface area contributed by atoms with Gasteiger partial charge in [0.05, 0.1) is 11.6 Å². The molecule has 3 aromatic rings. The van der Waals surface area contributed by atoms with E-state index in [4.69, 9.17) is 5.26 Å². The molecule has 3 rings (SSSR count). The molecule has 0 aliphatic carbocycles. The van der Waals surface area contributed by atoms with E-state index in [9.17, 15) is 4.79 Å². The number of rotatable bonds is 3. The van der Waals surface area contributed by atoms with Gasteiger partial charge in [-0.2, -0.15) is 5.26 Å². The predicted molar refractivity (Wildman–Crippen MR) is 88.8 cm³/mol. The second-order valence-corrected chi connectivity index (χ2v) is 4.94. The third-order valence-electron chi connectivity index (χ3n) is 3.38. The first kappa shape index (κ1) is 14.5. The predicted octanol–water partition coefficient (Wildman–Crippen LogP) is 3.87. The number of anilines is 1. The number of carbonyl (C=O) groups is 1. The van der Waals surface area contributed by atoms with Crippen molar-refractivity contribution in [1.29, 1.82) is 5.26 Å². The minimum Gasteiger partial charge on any atom is -0.307 e. The van der Waals surface area contributed by atoms with Crippen LogP contribution in [0, 0.1) is 11.3 Å². The first-order valence-corrected chi connectivity index (χ1v) is 7.09. The van der Waals surface area contributed by atoms with E-state index in [-0.39, 0.29) is 5.91 Å². The van der Waals surface area contributed by atoms with E-state index >= 15 is 0 Å². The van der Waals surface area contributed by atoms with Crippen LogP contribution in [-0.4, -0.2) is 10.9 Å². The quantitative estimate of drug-likeness (QED) is 0.798. The first-order valence-electron chi connectivity index (χ1n) is 7.09. The normalized spacial score (nSPS) is 9.87. The minimum absolute atomic E-state index is 0.199. The lowest BCUT2D eigenvalue weighted by molar-refractivity contribution is 0.102. The maximum Gasteiger partial charge on any atom is 0.256 e. The molecule has 4 nitrogen and oxygen atoms in total. The van der Waals surface area contributed by atoms with E-state index in [0.717, 1.165) is 11.1 Å². The Hall–Kier alpha value is -3.45. The van der Waals surface area contributed by atoms with Crippen LogP contribution < -0.4 is 5.32 Å². The first-order chi connectivity index (χ1) is 11.3. The second kappa shape index (κ2) is 6.54. The third kappa shape index (κ3) is 3.42. The number of nitrogens with zero attached hydrogens (tertiary/aromatic N) is 2. The third-order valence-corrected chi connectivity index (χ3v) is 3.38. The smallest absolute Gasteiger partial charge is 0.256 e. The number of hydrogen-bond donors (Lipinski definition) is 1. The Morgan fingerprint density at radius 2 is 1.70 bits per heavy atom. The zero-order valence-corrected chi connectivity index (χ0v) is 12.2. The van der Waals surface area contributed by atoms with Crippen molar-refractivity contribution < 1.29 is 4.79 Å². The maximum absolute atomic E-state index is 12.2. The van der Waals surface area contributed by atoms with Crippen LogP contribution in [-0.2, 0) is 0 Å². The zero-order valence-electron chi connectivity index (χ0n) is 12.2. The van der Waals surface area contributed by atoms with Crippen LogP contribution >= 0.6 is 0 Å². The SMILES string of the molecule is N#Cc1ccc(-c2ccnc(NC(=O)c3ccccc3)c2)cc1. The van der Waals surface area contributed by atoms with Crippen LogP contribution in [0.15, 0.2) is 72.9 Å². The van der Waals surface area contributed by atoms with E-state index in [0.29, 0.717) is 16.9 Å². The molecule has 1 amide bonds. The molecular weight excluding hydrogens is 286 g/mol. The topological polar surface area (TPSA) is 65.8 Å². The molecule has 4 heteroatoms. The molecule has 1 heterocycles. The van der Waals surface area contributed by atoms with Crippen molar-refractivity contribution in [3.05, 3.63) is 84.1 Å². The van der Waals surface area contributed by atoms with Crippen LogP contribution in [0.5, 0.6) is 0 Å². The fourth-order valence-electron chi connectivity index (χ4n) is 2.19. The van der Waals surface area contributed by atoms with Gasteiger partial charge in [0.25, 0.3) is 5.91 Å². The molecule has 0 atom stereocenters. The van der Waals surface area contributed by atoms with Crippen molar-refractivity contribution >= 4 is 11.7 Å². The number of benzene rings is 2. The Bertz CT molecular complexity index is 865. The number of pyridine rings is 1. The van der Waals surface area contributed by atoms with Gasteiger partial charge >= 0.3 is 0 Å². The van der Waals surface area contributed by atoms with Crippen molar-refractivity contribution in [2.24, 2.45) is 0 Å². The molecule has 2 aromatic carbocycles. The van der Waals surface area contributed by atoms with E-state index in [1.165, 1.54) is 0 Å². The maximum atomic E-state index is 12.2. The number of aromatic nitrogens is 1. The molecule has 0 unspecified atom stereocenters. The van der Waals surface area contributed by atoms with Crippen LogP contribution in [0.1, 0.15) is 15.9 Å². The average molecular weight is 299 g/mol. The largest absolute Gasteiger partial charge is 0.307 e. The van der Waals surface area contributed by atoms with Gasteiger partial charge in [-0.3, -0.25) is 4.79 Å². The van der Waals surface area contributed by atoms with E-state index in [1.807, 2.05) is 42.5 Å². The van der Waals surface area contributed by atoms with E-state index in [1.54, 1.807) is 30.5 Å². The van der Waals surface area contributed by atoms with Crippen LogP contribution in [0.3, 0.4) is 0 Å². The highest BCUT2D eigenvalue weighted by molar-refractivity contribution is 6.03. The number of nitrogens with one attached hydrogen (secondary N) is 1. The number of carbonyl (C=O) groups excluding carboxylic acids is 1. The van der Waals surface area contributed by atoms with Crippen LogP contribution in [0.25, 0.3) is 11.1 Å². The summed E-state index contributed by atoms with van der Waals surface area (Å²) in [6.45, 7) is 0. The fraction of sp³-hybridized carbons (Fsp3) is 0. The summed E-state index contributed by atoms with van der Waals surface area (Å²) < 4.78 is 0. The molecule has 0 aliphatic rings. The summed E-state index contributed by atoms with van der Waals surface area (Å²) in [5, 5.41) is 11.6. The van der Waals surface area contributed by atoms with Crippen molar-refractivity contribution in [2.45, 2.75) is 0 Å². The Kier molecular flexibility index (Phi) is 4.12. The summed E-state index contributed by atoms with van der Waals surface area (Å²) in [5.41, 5.74) is 3.08. The van der Waals surface area contributed by atoms with Gasteiger partial charge in [0.15, 0.2) is 0 Å². The molecule has 1 N–H and O–H groups in total. The standard InChI is InChI=1S/C19H13N3O/c20-13-14-6-8-15(9-7-14)17-10-11-21-18(12-17)22-19(23)16-4-2-1-3-5-16/h1-12H,(H,21,22,23). The Labute approximate surface area is 134 Å². The van der Waals surface area contributed by atoms with E-state index < -0.39 is 0 Å². The summed E-state index contributed by atoms with van der Waals surface area (Å²) in [5.74, 6) is 0.288. The van der Waals surface area contributed by atoms with Gasteiger partial charge in [-0.15, -0.1) is 0 Å². The van der Waals surface area contributed by atoms with Crippen LogP contribution in [0.4, 0.5) is 5.82 Å². The summed E-state index contributed by atoms with van der Waals surface area (Å²) >= 11 is 0. The van der Waals surface area contributed by atoms with Crippen molar-refractivity contribution in [1.82, 2.24) is 4.98 Å². The molecule has 0 saturated carbocycles. The van der Waals surface area contributed by atoms with Crippen molar-refractivity contribution in [3.63, 3.8) is 0 Å². The minimum atomic E-state index is -0.199. The van der Waals surface area contributed by atoms with Crippen molar-refractivity contribution in [2.75, 3.05) is 5.32 Å². The summed E-state index contributed by atoms with van der Waals surface area (Å²) in [6.07, 6.45) is 1.65. The number of nitriles is 1. The van der Waals surface area contributed by atoms with Gasteiger partial charge in [0.1, 0.15) is 5.82 Å². The van der Waals surface area contributed by atoms with Gasteiger partial charge in [0, 0.05) is 11.8 Å². The van der Waals surface area contributed by atoms with Gasteiger partial charge in [0.2, 0.25) is 0 Å². The summed E-state index contributed by atoms with van der Waals surface area (Å²) in [6, 6.07) is 22.0. The average Bonchev–Trinajstić information content (AvgIpc) is 2.63. The molecule has 0 fully saturated rings. The van der Waals surface area contributed by atoms with E-state index in [2.05, 4.69) is 16.4 Å². The fourth-order valence-corrected chi connectivity index (χ4v) is 2.19. The molecule has 1 aromatic heterocycles. The Morgan fingerprint density at radius 1 is 0.957 bits per heavy atom. The molecule has 110 valence electrons. The number of hydrogen-bond acceptors (Lipinski definition) is 3. The monoisotopic (exact) mass is 299 g/mol. The van der Waals surface area contributed by atoms with Gasteiger partial charge < -0.3 is 5.32 Å². The lowest BCUT2D eigenvalue weighted by Crippen LogP contribution is -2.12. The molecule has 23 heavy (non-hydrogen) atoms. The molecule has 0 radical (unpaired) electrons. The lowest BCUT2D eigenvalue weighted by Gasteiger charge is -2.07. The highest BCUT2D eigenvalue weighted by Crippen LogP contribution is 2.21. The molecule has 0 aliphatic heterocycles.